The Bertz CT molecular complexity index is 2530. The number of nitrogens with zero attached hydrogens (tertiary/aromatic N) is 3. The molecule has 0 spiro atoms. The van der Waals surface area contributed by atoms with Crippen molar-refractivity contribution >= 4 is 55.1 Å². The maximum atomic E-state index is 6.69. The molecule has 0 saturated heterocycles. The number of rotatable bonds is 4. The van der Waals surface area contributed by atoms with Gasteiger partial charge in [0.2, 0.25) is 0 Å². The lowest BCUT2D eigenvalue weighted by atomic mass is 9.95. The summed E-state index contributed by atoms with van der Waals surface area (Å²) in [4.78, 5) is 15.3. The average molecular weight is 610 g/mol. The first-order valence-corrected chi connectivity index (χ1v) is 15.5. The molecule has 0 amide bonds. The van der Waals surface area contributed by atoms with Crippen LogP contribution in [0.1, 0.15) is 0 Å². The van der Waals surface area contributed by atoms with Crippen LogP contribution in [0.3, 0.4) is 0 Å². The predicted octanol–water partition coefficient (Wildman–Crippen LogP) is 11.4. The van der Waals surface area contributed by atoms with Crippen LogP contribution in [0.4, 0.5) is 0 Å². The molecule has 2 heterocycles. The van der Waals surface area contributed by atoms with Crippen molar-refractivity contribution in [2.45, 2.75) is 0 Å². The van der Waals surface area contributed by atoms with E-state index in [1.165, 1.54) is 0 Å². The molecule has 0 aliphatic rings. The van der Waals surface area contributed by atoms with Crippen LogP contribution in [0.2, 0.25) is 5.02 Å². The molecule has 216 valence electrons. The summed E-state index contributed by atoms with van der Waals surface area (Å²) in [6.07, 6.45) is 0. The third-order valence-corrected chi connectivity index (χ3v) is 8.80. The standard InChI is InChI=1S/C41H24ClN3O/c42-31-20-21-33(35(24-31)32-13-7-15-37-38(32)34-12-5-6-14-36(34)46-37)41-44-39(29-18-16-25-8-1-3-10-27(25)22-29)43-40(45-41)30-19-17-26-9-2-4-11-28(26)23-30/h1-24H. The molecule has 5 heteroatoms. The molecule has 46 heavy (non-hydrogen) atoms. The number of halogens is 1. The highest BCUT2D eigenvalue weighted by Crippen LogP contribution is 2.41. The second-order valence-corrected chi connectivity index (χ2v) is 11.8. The summed E-state index contributed by atoms with van der Waals surface area (Å²) in [5.74, 6) is 1.77. The van der Waals surface area contributed by atoms with Gasteiger partial charge in [0.15, 0.2) is 17.5 Å². The normalized spacial score (nSPS) is 11.6. The van der Waals surface area contributed by atoms with E-state index in [2.05, 4.69) is 72.8 Å². The van der Waals surface area contributed by atoms with Gasteiger partial charge in [-0.25, -0.2) is 15.0 Å². The topological polar surface area (TPSA) is 51.8 Å². The minimum atomic E-state index is 0.567. The van der Waals surface area contributed by atoms with Crippen LogP contribution in [0, 0.1) is 0 Å². The maximum Gasteiger partial charge on any atom is 0.164 e. The minimum absolute atomic E-state index is 0.567. The molecule has 7 aromatic carbocycles. The van der Waals surface area contributed by atoms with Gasteiger partial charge in [-0.3, -0.25) is 0 Å². The molecule has 0 N–H and O–H groups in total. The number of benzene rings is 7. The Kier molecular flexibility index (Phi) is 6.15. The van der Waals surface area contributed by atoms with E-state index in [9.17, 15) is 0 Å². The van der Waals surface area contributed by atoms with Crippen LogP contribution >= 0.6 is 11.6 Å². The van der Waals surface area contributed by atoms with Gasteiger partial charge in [-0.05, 0) is 75.1 Å². The fraction of sp³-hybridized carbons (Fsp3) is 0. The molecule has 0 aliphatic carbocycles. The maximum absolute atomic E-state index is 6.69. The van der Waals surface area contributed by atoms with Gasteiger partial charge >= 0.3 is 0 Å². The number of hydrogen-bond acceptors (Lipinski definition) is 4. The molecule has 9 rings (SSSR count). The van der Waals surface area contributed by atoms with Gasteiger partial charge in [-0.1, -0.05) is 115 Å². The quantitative estimate of drug-likeness (QED) is 0.199. The van der Waals surface area contributed by atoms with Crippen LogP contribution in [0.5, 0.6) is 0 Å². The van der Waals surface area contributed by atoms with Crippen LogP contribution in [-0.4, -0.2) is 15.0 Å². The molecule has 4 nitrogen and oxygen atoms in total. The van der Waals surface area contributed by atoms with Crippen LogP contribution in [-0.2, 0) is 0 Å². The first-order valence-electron chi connectivity index (χ1n) is 15.1. The largest absolute Gasteiger partial charge is 0.456 e. The highest BCUT2D eigenvalue weighted by atomic mass is 35.5. The number of furan rings is 1. The van der Waals surface area contributed by atoms with Gasteiger partial charge in [0.05, 0.1) is 0 Å². The Morgan fingerprint density at radius 3 is 1.70 bits per heavy atom. The predicted molar refractivity (Wildman–Crippen MR) is 189 cm³/mol. The number of aromatic nitrogens is 3. The fourth-order valence-electron chi connectivity index (χ4n) is 6.34. The molecular formula is C41H24ClN3O. The highest BCUT2D eigenvalue weighted by Gasteiger charge is 2.20. The highest BCUT2D eigenvalue weighted by molar-refractivity contribution is 6.31. The first kappa shape index (κ1) is 26.6. The number of hydrogen-bond donors (Lipinski definition) is 0. The summed E-state index contributed by atoms with van der Waals surface area (Å²) in [5, 5.41) is 7.27. The van der Waals surface area contributed by atoms with E-state index in [1.54, 1.807) is 0 Å². The zero-order chi connectivity index (χ0) is 30.6. The molecule has 0 radical (unpaired) electrons. The fourth-order valence-corrected chi connectivity index (χ4v) is 6.52. The molecular weight excluding hydrogens is 586 g/mol. The molecule has 0 saturated carbocycles. The average Bonchev–Trinajstić information content (AvgIpc) is 3.50. The summed E-state index contributed by atoms with van der Waals surface area (Å²) in [7, 11) is 0. The second kappa shape index (κ2) is 10.7. The Morgan fingerprint density at radius 2 is 1.00 bits per heavy atom. The Hall–Kier alpha value is -5.84. The number of para-hydroxylation sites is 1. The lowest BCUT2D eigenvalue weighted by molar-refractivity contribution is 0.669. The summed E-state index contributed by atoms with van der Waals surface area (Å²) in [6, 6.07) is 49.4. The van der Waals surface area contributed by atoms with Crippen LogP contribution in [0.15, 0.2) is 150 Å². The first-order chi connectivity index (χ1) is 22.7. The third kappa shape index (κ3) is 4.50. The van der Waals surface area contributed by atoms with Crippen molar-refractivity contribution in [2.24, 2.45) is 0 Å². The summed E-state index contributed by atoms with van der Waals surface area (Å²) >= 11 is 6.69. The lowest BCUT2D eigenvalue weighted by Crippen LogP contribution is -2.01. The Morgan fingerprint density at radius 1 is 0.413 bits per heavy atom. The molecule has 0 fully saturated rings. The second-order valence-electron chi connectivity index (χ2n) is 11.4. The minimum Gasteiger partial charge on any atom is -0.456 e. The number of fused-ring (bicyclic) bond motifs is 5. The summed E-state index contributed by atoms with van der Waals surface area (Å²) in [5.41, 5.74) is 6.27. The van der Waals surface area contributed by atoms with Gasteiger partial charge in [-0.2, -0.15) is 0 Å². The van der Waals surface area contributed by atoms with E-state index in [-0.39, 0.29) is 0 Å². The smallest absolute Gasteiger partial charge is 0.164 e. The van der Waals surface area contributed by atoms with E-state index in [4.69, 9.17) is 31.0 Å². The summed E-state index contributed by atoms with van der Waals surface area (Å²) in [6.45, 7) is 0. The zero-order valence-corrected chi connectivity index (χ0v) is 25.2. The third-order valence-electron chi connectivity index (χ3n) is 8.57. The van der Waals surface area contributed by atoms with Crippen molar-refractivity contribution in [1.29, 1.82) is 0 Å². The van der Waals surface area contributed by atoms with Crippen LogP contribution in [0.25, 0.3) is 88.8 Å². The van der Waals surface area contributed by atoms with E-state index in [0.29, 0.717) is 22.5 Å². The zero-order valence-electron chi connectivity index (χ0n) is 24.5. The van der Waals surface area contributed by atoms with Crippen LogP contribution < -0.4 is 0 Å². The van der Waals surface area contributed by atoms with Gasteiger partial charge < -0.3 is 4.42 Å². The lowest BCUT2D eigenvalue weighted by Gasteiger charge is -2.14. The summed E-state index contributed by atoms with van der Waals surface area (Å²) < 4.78 is 6.24. The molecule has 0 atom stereocenters. The molecule has 0 aliphatic heterocycles. The Labute approximate surface area is 269 Å². The van der Waals surface area contributed by atoms with E-state index in [1.807, 2.05) is 72.8 Å². The van der Waals surface area contributed by atoms with Crippen molar-refractivity contribution in [1.82, 2.24) is 15.0 Å². The van der Waals surface area contributed by atoms with Gasteiger partial charge in [0.1, 0.15) is 11.2 Å². The van der Waals surface area contributed by atoms with Crippen molar-refractivity contribution < 1.29 is 4.42 Å². The van der Waals surface area contributed by atoms with Crippen molar-refractivity contribution in [3.05, 3.63) is 151 Å². The van der Waals surface area contributed by atoms with Crippen molar-refractivity contribution in [2.75, 3.05) is 0 Å². The SMILES string of the molecule is Clc1ccc(-c2nc(-c3ccc4ccccc4c3)nc(-c3ccc4ccccc4c3)n2)c(-c2cccc3oc4ccccc4c23)c1. The molecule has 0 bridgehead atoms. The van der Waals surface area contributed by atoms with E-state index < -0.39 is 0 Å². The van der Waals surface area contributed by atoms with E-state index >= 15 is 0 Å². The van der Waals surface area contributed by atoms with Gasteiger partial charge in [0, 0.05) is 32.5 Å². The van der Waals surface area contributed by atoms with Crippen molar-refractivity contribution in [3.63, 3.8) is 0 Å². The van der Waals surface area contributed by atoms with Gasteiger partial charge in [0.25, 0.3) is 0 Å². The molecule has 9 aromatic rings. The van der Waals surface area contributed by atoms with Crippen molar-refractivity contribution in [3.8, 4) is 45.3 Å². The molecule has 0 unspecified atom stereocenters. The molecule has 2 aromatic heterocycles. The van der Waals surface area contributed by atoms with E-state index in [0.717, 1.165) is 71.3 Å². The monoisotopic (exact) mass is 609 g/mol. The Balaban J connectivity index is 1.31. The van der Waals surface area contributed by atoms with Gasteiger partial charge in [-0.15, -0.1) is 0 Å².